The normalized spacial score (nSPS) is 11.7. The van der Waals surface area contributed by atoms with Gasteiger partial charge in [0.2, 0.25) is 0 Å². The zero-order valence-corrected chi connectivity index (χ0v) is 16.6. The molecular formula is C25H19NOS. The highest BCUT2D eigenvalue weighted by Crippen LogP contribution is 2.40. The molecule has 0 spiro atoms. The van der Waals surface area contributed by atoms with Gasteiger partial charge in [-0.05, 0) is 29.2 Å². The lowest BCUT2D eigenvalue weighted by Gasteiger charge is -2.15. The molecule has 3 aromatic rings. The molecular weight excluding hydrogens is 362 g/mol. The average molecular weight is 382 g/mol. The molecule has 0 amide bonds. The van der Waals surface area contributed by atoms with E-state index < -0.39 is 0 Å². The molecule has 0 unspecified atom stereocenters. The van der Waals surface area contributed by atoms with Crippen LogP contribution in [-0.2, 0) is 0 Å². The highest BCUT2D eigenvalue weighted by atomic mass is 32.1. The predicted octanol–water partition coefficient (Wildman–Crippen LogP) is 6.70. The van der Waals surface area contributed by atoms with E-state index in [0.717, 1.165) is 42.7 Å². The smallest absolute Gasteiger partial charge is 0.195 e. The lowest BCUT2D eigenvalue weighted by molar-refractivity contribution is 0.867. The summed E-state index contributed by atoms with van der Waals surface area (Å²) in [5.74, 6) is 0.461. The van der Waals surface area contributed by atoms with Crippen LogP contribution in [0.1, 0.15) is 25.3 Å². The summed E-state index contributed by atoms with van der Waals surface area (Å²) in [5.41, 5.74) is 4.93. The maximum atomic E-state index is 13.5. The van der Waals surface area contributed by atoms with Crippen molar-refractivity contribution in [1.29, 1.82) is 0 Å². The molecule has 2 aliphatic rings. The summed E-state index contributed by atoms with van der Waals surface area (Å²) in [6.45, 7) is 4.36. The molecule has 3 heteroatoms. The van der Waals surface area contributed by atoms with Crippen molar-refractivity contribution in [3.05, 3.63) is 88.6 Å². The van der Waals surface area contributed by atoms with E-state index in [-0.39, 0.29) is 5.43 Å². The van der Waals surface area contributed by atoms with Crippen LogP contribution in [-0.4, -0.2) is 4.98 Å². The molecule has 28 heavy (non-hydrogen) atoms. The van der Waals surface area contributed by atoms with Gasteiger partial charge in [0.1, 0.15) is 0 Å². The first-order valence-corrected chi connectivity index (χ1v) is 10.3. The van der Waals surface area contributed by atoms with Gasteiger partial charge in [-0.3, -0.25) is 4.79 Å². The minimum atomic E-state index is 0.0775. The molecule has 0 atom stereocenters. The molecule has 5 rings (SSSR count). The van der Waals surface area contributed by atoms with Gasteiger partial charge in [-0.1, -0.05) is 74.5 Å². The molecule has 0 aromatic heterocycles. The van der Waals surface area contributed by atoms with Crippen molar-refractivity contribution in [2.45, 2.75) is 19.8 Å². The number of para-hydroxylation sites is 1. The molecule has 0 bridgehead atoms. The Kier molecular flexibility index (Phi) is 3.99. The first-order chi connectivity index (χ1) is 13.6. The standard InChI is InChI=1S/C25H19NOS/c1-15(2)16-11-13-17(14-12-16)22-24(27)19-8-4-3-7-18(19)23-25(22)28-21-10-6-5-9-20(21)26-23/h3-15H,1-2H3. The minimum Gasteiger partial charge on any atom is -0.289 e. The first-order valence-electron chi connectivity index (χ1n) is 9.48. The highest BCUT2D eigenvalue weighted by molar-refractivity contribution is 7.22. The van der Waals surface area contributed by atoms with Crippen LogP contribution in [0.3, 0.4) is 0 Å². The molecule has 2 nitrogen and oxygen atoms in total. The molecule has 1 aliphatic heterocycles. The second kappa shape index (κ2) is 6.54. The van der Waals surface area contributed by atoms with Crippen molar-refractivity contribution in [2.24, 2.45) is 0 Å². The first kappa shape index (κ1) is 17.1. The van der Waals surface area contributed by atoms with Crippen molar-refractivity contribution in [3.63, 3.8) is 0 Å². The van der Waals surface area contributed by atoms with Gasteiger partial charge in [-0.25, -0.2) is 4.98 Å². The fourth-order valence-corrected chi connectivity index (χ4v) is 4.89. The number of fused-ring (bicyclic) bond motifs is 4. The molecule has 0 N–H and O–H groups in total. The van der Waals surface area contributed by atoms with E-state index >= 15 is 0 Å². The molecule has 0 radical (unpaired) electrons. The Morgan fingerprint density at radius 2 is 1.50 bits per heavy atom. The Labute approximate surface area is 167 Å². The summed E-state index contributed by atoms with van der Waals surface area (Å²) in [5, 5.41) is 1.65. The number of benzene rings is 4. The van der Waals surface area contributed by atoms with Gasteiger partial charge in [0.25, 0.3) is 0 Å². The lowest BCUT2D eigenvalue weighted by Crippen LogP contribution is -2.09. The van der Waals surface area contributed by atoms with Crippen LogP contribution in [0.4, 0.5) is 0 Å². The maximum absolute atomic E-state index is 13.5. The summed E-state index contributed by atoms with van der Waals surface area (Å²) >= 11 is 1.65. The Morgan fingerprint density at radius 1 is 0.821 bits per heavy atom. The van der Waals surface area contributed by atoms with Gasteiger partial charge in [-0.2, -0.15) is 0 Å². The molecule has 0 saturated carbocycles. The van der Waals surface area contributed by atoms with Gasteiger partial charge in [0.15, 0.2) is 5.43 Å². The summed E-state index contributed by atoms with van der Waals surface area (Å²) < 4.78 is 1.09. The van der Waals surface area contributed by atoms with Crippen LogP contribution in [0.25, 0.3) is 42.7 Å². The maximum Gasteiger partial charge on any atom is 0.195 e. The minimum absolute atomic E-state index is 0.0775. The van der Waals surface area contributed by atoms with Crippen LogP contribution in [0, 0.1) is 0 Å². The van der Waals surface area contributed by atoms with Gasteiger partial charge in [-0.15, -0.1) is 11.3 Å². The van der Waals surface area contributed by atoms with Gasteiger partial charge in [0, 0.05) is 16.3 Å². The van der Waals surface area contributed by atoms with Crippen LogP contribution >= 0.6 is 11.3 Å². The third kappa shape index (κ3) is 2.62. The second-order valence-corrected chi connectivity index (χ2v) is 8.44. The lowest BCUT2D eigenvalue weighted by atomic mass is 9.94. The van der Waals surface area contributed by atoms with E-state index in [2.05, 4.69) is 44.2 Å². The number of hydrogen-bond donors (Lipinski definition) is 0. The number of rotatable bonds is 2. The highest BCUT2D eigenvalue weighted by Gasteiger charge is 2.21. The fourth-order valence-electron chi connectivity index (χ4n) is 3.74. The van der Waals surface area contributed by atoms with E-state index in [1.165, 1.54) is 5.56 Å². The molecule has 0 saturated heterocycles. The Bertz CT molecular complexity index is 1350. The Morgan fingerprint density at radius 3 is 2.25 bits per heavy atom. The quantitative estimate of drug-likeness (QED) is 0.251. The second-order valence-electron chi connectivity index (χ2n) is 7.39. The van der Waals surface area contributed by atoms with E-state index in [4.69, 9.17) is 4.98 Å². The molecule has 1 heterocycles. The summed E-state index contributed by atoms with van der Waals surface area (Å²) in [4.78, 5) is 19.4. The van der Waals surface area contributed by atoms with E-state index in [1.807, 2.05) is 42.5 Å². The van der Waals surface area contributed by atoms with E-state index in [9.17, 15) is 4.79 Å². The molecule has 1 aliphatic carbocycles. The average Bonchev–Trinajstić information content (AvgIpc) is 2.73. The van der Waals surface area contributed by atoms with E-state index in [0.29, 0.717) is 5.92 Å². The monoisotopic (exact) mass is 381 g/mol. The number of aromatic nitrogens is 1. The van der Waals surface area contributed by atoms with Crippen molar-refractivity contribution >= 4 is 32.3 Å². The van der Waals surface area contributed by atoms with Gasteiger partial charge < -0.3 is 0 Å². The zero-order valence-electron chi connectivity index (χ0n) is 15.8. The van der Waals surface area contributed by atoms with Crippen LogP contribution in [0.15, 0.2) is 77.6 Å². The third-order valence-corrected chi connectivity index (χ3v) is 6.44. The Balaban J connectivity index is 1.92. The summed E-state index contributed by atoms with van der Waals surface area (Å²) in [6.07, 6.45) is 0. The number of hydrogen-bond acceptors (Lipinski definition) is 3. The van der Waals surface area contributed by atoms with Gasteiger partial charge >= 0.3 is 0 Å². The van der Waals surface area contributed by atoms with Crippen LogP contribution in [0.5, 0.6) is 0 Å². The van der Waals surface area contributed by atoms with Crippen molar-refractivity contribution in [3.8, 4) is 21.7 Å². The molecule has 3 aromatic carbocycles. The predicted molar refractivity (Wildman–Crippen MR) is 120 cm³/mol. The summed E-state index contributed by atoms with van der Waals surface area (Å²) in [7, 11) is 0. The Hall–Kier alpha value is -3.04. The largest absolute Gasteiger partial charge is 0.289 e. The zero-order chi connectivity index (χ0) is 19.3. The van der Waals surface area contributed by atoms with Crippen LogP contribution in [0.2, 0.25) is 0 Å². The fraction of sp³-hybridized carbons (Fsp3) is 0.120. The van der Waals surface area contributed by atoms with Crippen molar-refractivity contribution in [2.75, 3.05) is 0 Å². The number of nitrogens with zero attached hydrogens (tertiary/aromatic N) is 1. The van der Waals surface area contributed by atoms with Crippen molar-refractivity contribution in [1.82, 2.24) is 4.98 Å². The SMILES string of the molecule is CC(C)c1ccc(-c2c3sc4ccccc4nc-3c3ccccc3c2=O)cc1. The van der Waals surface area contributed by atoms with Crippen molar-refractivity contribution < 1.29 is 0 Å². The molecule has 0 fully saturated rings. The third-order valence-electron chi connectivity index (χ3n) is 5.27. The van der Waals surface area contributed by atoms with E-state index in [1.54, 1.807) is 11.3 Å². The topological polar surface area (TPSA) is 30.0 Å². The summed E-state index contributed by atoms with van der Waals surface area (Å²) in [6, 6.07) is 24.3. The van der Waals surface area contributed by atoms with Gasteiger partial charge in [0.05, 0.1) is 20.8 Å². The van der Waals surface area contributed by atoms with Crippen LogP contribution < -0.4 is 5.43 Å². The molecule has 136 valence electrons.